The number of rotatable bonds is 3. The number of hydrogen-bond donors (Lipinski definition) is 1. The van der Waals surface area contributed by atoms with Crippen LogP contribution in [0.5, 0.6) is 11.5 Å². The number of allylic oxidation sites excluding steroid dienone is 2. The second-order valence-corrected chi connectivity index (χ2v) is 3.81. The zero-order valence-corrected chi connectivity index (χ0v) is 14.0. The highest BCUT2D eigenvalue weighted by Crippen LogP contribution is 2.37. The molecule has 1 aliphatic heterocycles. The predicted octanol–water partition coefficient (Wildman–Crippen LogP) is 4.68. The van der Waals surface area contributed by atoms with Crippen LogP contribution >= 0.6 is 0 Å². The van der Waals surface area contributed by atoms with Gasteiger partial charge in [-0.25, -0.2) is 0 Å². The fourth-order valence-electron chi connectivity index (χ4n) is 1.76. The molecule has 0 fully saturated rings. The van der Waals surface area contributed by atoms with E-state index in [0.29, 0.717) is 23.3 Å². The van der Waals surface area contributed by atoms with Crippen molar-refractivity contribution >= 4 is 12.5 Å². The van der Waals surface area contributed by atoms with Crippen LogP contribution in [-0.4, -0.2) is 17.6 Å². The average Bonchev–Trinajstić information content (AvgIpc) is 2.59. The number of nitrogens with zero attached hydrogens (tertiary/aromatic N) is 1. The maximum absolute atomic E-state index is 11.0. The van der Waals surface area contributed by atoms with Gasteiger partial charge in [-0.1, -0.05) is 27.7 Å². The molecule has 1 aliphatic rings. The molecule has 0 aliphatic carbocycles. The van der Waals surface area contributed by atoms with Crippen molar-refractivity contribution in [3.63, 3.8) is 0 Å². The molecule has 0 aromatic heterocycles. The molecule has 1 aromatic rings. The van der Waals surface area contributed by atoms with E-state index in [1.165, 1.54) is 6.07 Å². The summed E-state index contributed by atoms with van der Waals surface area (Å²) in [4.78, 5) is 14.9. The monoisotopic (exact) mass is 303 g/mol. The highest BCUT2D eigenvalue weighted by Gasteiger charge is 2.18. The van der Waals surface area contributed by atoms with Gasteiger partial charge in [0.2, 0.25) is 0 Å². The Kier molecular flexibility index (Phi) is 10.1. The summed E-state index contributed by atoms with van der Waals surface area (Å²) in [6, 6.07) is 3.04. The van der Waals surface area contributed by atoms with Crippen molar-refractivity contribution in [2.45, 2.75) is 41.0 Å². The van der Waals surface area contributed by atoms with E-state index in [1.807, 2.05) is 40.7 Å². The maximum Gasteiger partial charge on any atom is 0.172 e. The minimum atomic E-state index is 0.0430. The van der Waals surface area contributed by atoms with Gasteiger partial charge in [-0.05, 0) is 30.7 Å². The van der Waals surface area contributed by atoms with Gasteiger partial charge in [-0.15, -0.1) is 0 Å². The minimum absolute atomic E-state index is 0.0430. The quantitative estimate of drug-likeness (QED) is 0.651. The Bertz CT molecular complexity index is 558. The Balaban J connectivity index is 0.00000102. The molecule has 1 aromatic carbocycles. The summed E-state index contributed by atoms with van der Waals surface area (Å²) in [5.74, 6) is 0.400. The van der Waals surface area contributed by atoms with Gasteiger partial charge in [0.25, 0.3) is 0 Å². The summed E-state index contributed by atoms with van der Waals surface area (Å²) in [7, 11) is 0. The predicted molar refractivity (Wildman–Crippen MR) is 91.9 cm³/mol. The van der Waals surface area contributed by atoms with Crippen molar-refractivity contribution in [1.82, 2.24) is 0 Å². The topological polar surface area (TPSA) is 58.9 Å². The smallest absolute Gasteiger partial charge is 0.172 e. The van der Waals surface area contributed by atoms with E-state index in [1.54, 1.807) is 24.7 Å². The number of hydrogen-bond acceptors (Lipinski definition) is 4. The van der Waals surface area contributed by atoms with Crippen molar-refractivity contribution in [2.75, 3.05) is 0 Å². The normalized spacial score (nSPS) is 12.3. The van der Waals surface area contributed by atoms with Gasteiger partial charge in [0.15, 0.2) is 11.5 Å². The van der Waals surface area contributed by atoms with Crippen LogP contribution in [0, 0.1) is 0 Å². The SMILES string of the molecule is CC.CC.CC=N/C=C\C1=COc2c(O)ccc(C=O)c2C1. The highest BCUT2D eigenvalue weighted by molar-refractivity contribution is 5.80. The van der Waals surface area contributed by atoms with Crippen molar-refractivity contribution in [3.05, 3.63) is 47.4 Å². The number of carbonyl (C=O) groups excluding carboxylic acids is 1. The third-order valence-corrected chi connectivity index (χ3v) is 2.64. The molecule has 0 atom stereocenters. The maximum atomic E-state index is 11.0. The molecule has 0 saturated carbocycles. The van der Waals surface area contributed by atoms with E-state index in [2.05, 4.69) is 4.99 Å². The van der Waals surface area contributed by atoms with Crippen molar-refractivity contribution in [2.24, 2.45) is 4.99 Å². The Morgan fingerprint density at radius 3 is 2.50 bits per heavy atom. The molecule has 4 nitrogen and oxygen atoms in total. The number of fused-ring (bicyclic) bond motifs is 1. The van der Waals surface area contributed by atoms with Crippen LogP contribution in [0.3, 0.4) is 0 Å². The van der Waals surface area contributed by atoms with Gasteiger partial charge in [-0.3, -0.25) is 9.79 Å². The van der Waals surface area contributed by atoms with Crippen molar-refractivity contribution < 1.29 is 14.6 Å². The summed E-state index contributed by atoms with van der Waals surface area (Å²) in [6.45, 7) is 9.83. The molecule has 4 heteroatoms. The van der Waals surface area contributed by atoms with Crippen molar-refractivity contribution in [3.8, 4) is 11.5 Å². The number of phenols is 1. The van der Waals surface area contributed by atoms with Crippen LogP contribution in [0.4, 0.5) is 0 Å². The second kappa shape index (κ2) is 11.3. The Morgan fingerprint density at radius 1 is 1.23 bits per heavy atom. The fraction of sp³-hybridized carbons (Fsp3) is 0.333. The van der Waals surface area contributed by atoms with Crippen LogP contribution in [0.1, 0.15) is 50.5 Å². The largest absolute Gasteiger partial charge is 0.504 e. The molecule has 0 amide bonds. The lowest BCUT2D eigenvalue weighted by molar-refractivity contribution is 0.112. The first-order chi connectivity index (χ1) is 10.8. The summed E-state index contributed by atoms with van der Waals surface area (Å²) < 4.78 is 5.37. The number of aliphatic imine (C=N–C) groups is 1. The summed E-state index contributed by atoms with van der Waals surface area (Å²) >= 11 is 0. The number of phenolic OH excluding ortho intramolecular Hbond substituents is 1. The zero-order valence-electron chi connectivity index (χ0n) is 14.0. The van der Waals surface area contributed by atoms with Gasteiger partial charge < -0.3 is 9.84 Å². The Labute approximate surface area is 132 Å². The van der Waals surface area contributed by atoms with Crippen molar-refractivity contribution in [1.29, 1.82) is 0 Å². The zero-order chi connectivity index (χ0) is 17.0. The molecule has 22 heavy (non-hydrogen) atoms. The number of aromatic hydroxyl groups is 1. The first-order valence-corrected chi connectivity index (χ1v) is 7.56. The van der Waals surface area contributed by atoms with Gasteiger partial charge in [-0.2, -0.15) is 0 Å². The number of aldehydes is 1. The van der Waals surface area contributed by atoms with Gasteiger partial charge >= 0.3 is 0 Å². The second-order valence-electron chi connectivity index (χ2n) is 3.81. The lowest BCUT2D eigenvalue weighted by atomic mass is 9.98. The molecule has 1 heterocycles. The standard InChI is InChI=1S/C14H13NO3.2C2H6/c1-2-15-6-5-10-7-12-11(8-16)3-4-13(17)14(12)18-9-10;2*1-2/h2-6,8-9,17H,7H2,1H3;2*1-2H3/b6-5-,15-2?;;. The molecule has 1 N–H and O–H groups in total. The van der Waals surface area contributed by atoms with E-state index in [-0.39, 0.29) is 5.75 Å². The third kappa shape index (κ3) is 5.20. The fourth-order valence-corrected chi connectivity index (χ4v) is 1.76. The Morgan fingerprint density at radius 2 is 1.91 bits per heavy atom. The van der Waals surface area contributed by atoms with Gasteiger partial charge in [0.1, 0.15) is 6.29 Å². The van der Waals surface area contributed by atoms with E-state index in [9.17, 15) is 9.90 Å². The van der Waals surface area contributed by atoms with Crippen LogP contribution in [0.25, 0.3) is 0 Å². The summed E-state index contributed by atoms with van der Waals surface area (Å²) in [5, 5.41) is 9.66. The molecule has 0 saturated heterocycles. The average molecular weight is 303 g/mol. The van der Waals surface area contributed by atoms with Gasteiger partial charge in [0, 0.05) is 30.0 Å². The van der Waals surface area contributed by atoms with E-state index in [0.717, 1.165) is 11.9 Å². The van der Waals surface area contributed by atoms with Crippen LogP contribution in [-0.2, 0) is 6.42 Å². The highest BCUT2D eigenvalue weighted by atomic mass is 16.5. The summed E-state index contributed by atoms with van der Waals surface area (Å²) in [5.41, 5.74) is 2.12. The summed E-state index contributed by atoms with van der Waals surface area (Å²) in [6.07, 6.45) is 7.99. The molecular formula is C18H25NO3. The first kappa shape index (κ1) is 19.6. The molecule has 0 radical (unpaired) electrons. The van der Waals surface area contributed by atoms with Crippen LogP contribution < -0.4 is 4.74 Å². The molecular weight excluding hydrogens is 278 g/mol. The molecule has 0 spiro atoms. The lowest BCUT2D eigenvalue weighted by Gasteiger charge is -2.17. The van der Waals surface area contributed by atoms with E-state index >= 15 is 0 Å². The Hall–Kier alpha value is -2.36. The molecule has 2 rings (SSSR count). The number of ether oxygens (including phenoxy) is 1. The number of benzene rings is 1. The molecule has 0 bridgehead atoms. The number of carbonyl (C=O) groups is 1. The minimum Gasteiger partial charge on any atom is -0.504 e. The van der Waals surface area contributed by atoms with E-state index < -0.39 is 0 Å². The van der Waals surface area contributed by atoms with E-state index in [4.69, 9.17) is 4.74 Å². The van der Waals surface area contributed by atoms with Gasteiger partial charge in [0.05, 0.1) is 6.26 Å². The lowest BCUT2D eigenvalue weighted by Crippen LogP contribution is -2.05. The first-order valence-electron chi connectivity index (χ1n) is 7.56. The molecule has 120 valence electrons. The van der Waals surface area contributed by atoms with Crippen LogP contribution in [0.2, 0.25) is 0 Å². The molecule has 0 unspecified atom stereocenters. The third-order valence-electron chi connectivity index (χ3n) is 2.64. The van der Waals surface area contributed by atoms with Crippen LogP contribution in [0.15, 0.2) is 41.2 Å².